The number of carbonyl (C=O) groups is 3. The quantitative estimate of drug-likeness (QED) is 0.329. The minimum absolute atomic E-state index is 0.192. The largest absolute Gasteiger partial charge is 0.464 e. The topological polar surface area (TPSA) is 153 Å². The van der Waals surface area contributed by atoms with Crippen LogP contribution >= 0.6 is 0 Å². The summed E-state index contributed by atoms with van der Waals surface area (Å²) in [4.78, 5) is 44.6. The van der Waals surface area contributed by atoms with Crippen LogP contribution in [0.4, 0.5) is 0 Å². The van der Waals surface area contributed by atoms with Crippen LogP contribution in [0.25, 0.3) is 11.5 Å². The van der Waals surface area contributed by atoms with E-state index >= 15 is 0 Å². The van der Waals surface area contributed by atoms with E-state index in [4.69, 9.17) is 4.74 Å². The molecule has 2 aromatic heterocycles. The third-order valence-corrected chi connectivity index (χ3v) is 6.06. The van der Waals surface area contributed by atoms with Crippen LogP contribution in [-0.2, 0) is 32.1 Å². The number of piperidine rings is 1. The Morgan fingerprint density at radius 1 is 1.11 bits per heavy atom. The molecule has 1 unspecified atom stereocenters. The molecule has 3 N–H and O–H groups in total. The number of hydrogen-bond donors (Lipinski definition) is 3. The molecule has 1 fully saturated rings. The molecule has 0 spiro atoms. The third kappa shape index (κ3) is 6.73. The van der Waals surface area contributed by atoms with Crippen molar-refractivity contribution in [3.63, 3.8) is 0 Å². The average molecular weight is 507 g/mol. The normalized spacial score (nSPS) is 15.4. The number of esters is 1. The zero-order chi connectivity index (χ0) is 26.1. The fourth-order valence-corrected chi connectivity index (χ4v) is 4.19. The third-order valence-electron chi connectivity index (χ3n) is 6.06. The number of rotatable bonds is 10. The van der Waals surface area contributed by atoms with Crippen molar-refractivity contribution < 1.29 is 19.1 Å². The highest BCUT2D eigenvalue weighted by molar-refractivity contribution is 5.94. The van der Waals surface area contributed by atoms with Gasteiger partial charge in [-0.3, -0.25) is 14.6 Å². The number of hydrogen-bond acceptors (Lipinski definition) is 9. The summed E-state index contributed by atoms with van der Waals surface area (Å²) in [7, 11) is 0. The number of benzene rings is 1. The Labute approximate surface area is 214 Å². The molecule has 3 aromatic rings. The van der Waals surface area contributed by atoms with Crippen LogP contribution < -0.4 is 16.0 Å². The molecule has 0 radical (unpaired) electrons. The molecule has 0 saturated carbocycles. The molecule has 12 nitrogen and oxygen atoms in total. The lowest BCUT2D eigenvalue weighted by Gasteiger charge is -2.37. The Bertz CT molecular complexity index is 1200. The van der Waals surface area contributed by atoms with E-state index in [-0.39, 0.29) is 19.6 Å². The second-order valence-electron chi connectivity index (χ2n) is 8.71. The van der Waals surface area contributed by atoms with Crippen molar-refractivity contribution in [2.75, 3.05) is 19.7 Å². The van der Waals surface area contributed by atoms with E-state index in [0.29, 0.717) is 37.4 Å². The van der Waals surface area contributed by atoms with Gasteiger partial charge in [0.1, 0.15) is 23.8 Å². The summed E-state index contributed by atoms with van der Waals surface area (Å²) in [5.74, 6) is -1.11. The van der Waals surface area contributed by atoms with Crippen molar-refractivity contribution in [2.24, 2.45) is 0 Å². The van der Waals surface area contributed by atoms with Crippen LogP contribution in [-0.4, -0.2) is 74.3 Å². The Hall–Kier alpha value is -4.19. The van der Waals surface area contributed by atoms with E-state index in [1.165, 1.54) is 0 Å². The number of tetrazole rings is 1. The zero-order valence-electron chi connectivity index (χ0n) is 20.6. The maximum absolute atomic E-state index is 13.6. The summed E-state index contributed by atoms with van der Waals surface area (Å²) >= 11 is 0. The lowest BCUT2D eigenvalue weighted by atomic mass is 9.86. The Balaban J connectivity index is 1.46. The molecule has 37 heavy (non-hydrogen) atoms. The van der Waals surface area contributed by atoms with Crippen LogP contribution in [0.5, 0.6) is 0 Å². The van der Waals surface area contributed by atoms with Crippen LogP contribution in [0.15, 0.2) is 54.7 Å². The second kappa shape index (κ2) is 12.2. The van der Waals surface area contributed by atoms with E-state index < -0.39 is 29.4 Å². The first-order valence-electron chi connectivity index (χ1n) is 12.2. The maximum Gasteiger partial charge on any atom is 0.328 e. The molecule has 1 aromatic carbocycles. The highest BCUT2D eigenvalue weighted by atomic mass is 16.5. The van der Waals surface area contributed by atoms with Gasteiger partial charge in [0.25, 0.3) is 0 Å². The first kappa shape index (κ1) is 25.9. The zero-order valence-corrected chi connectivity index (χ0v) is 20.6. The van der Waals surface area contributed by atoms with Gasteiger partial charge in [-0.25, -0.2) is 4.79 Å². The van der Waals surface area contributed by atoms with Gasteiger partial charge in [-0.2, -0.15) is 4.80 Å². The number of nitrogens with one attached hydrogen (secondary N) is 3. The molecule has 194 valence electrons. The molecule has 1 atom stereocenters. The SMILES string of the molecule is CCOC(=O)C(Cc1ccccc1)NC(=O)C1(NC(=O)Cn2nnc(-c3ccccn3)n2)CCNCC1. The minimum Gasteiger partial charge on any atom is -0.464 e. The maximum atomic E-state index is 13.6. The molecule has 1 saturated heterocycles. The predicted molar refractivity (Wildman–Crippen MR) is 133 cm³/mol. The molecular formula is C25H30N8O4. The summed E-state index contributed by atoms with van der Waals surface area (Å²) in [5, 5.41) is 21.0. The minimum atomic E-state index is -1.20. The van der Waals surface area contributed by atoms with E-state index in [1.54, 1.807) is 31.3 Å². The highest BCUT2D eigenvalue weighted by Crippen LogP contribution is 2.20. The predicted octanol–water partition coefficient (Wildman–Crippen LogP) is 0.264. The number of aromatic nitrogens is 5. The molecule has 0 bridgehead atoms. The van der Waals surface area contributed by atoms with Gasteiger partial charge in [0.2, 0.25) is 17.6 Å². The number of pyridine rings is 1. The lowest BCUT2D eigenvalue weighted by molar-refractivity contribution is -0.148. The van der Waals surface area contributed by atoms with Crippen molar-refractivity contribution in [3.8, 4) is 11.5 Å². The van der Waals surface area contributed by atoms with Gasteiger partial charge in [0, 0.05) is 12.6 Å². The standard InChI is InChI=1S/C25H30N8O4/c1-2-37-23(35)20(16-18-8-4-3-5-9-18)28-24(36)25(11-14-26-15-12-25)29-21(34)17-33-31-22(30-32-33)19-10-6-7-13-27-19/h3-10,13,20,26H,2,11-12,14-17H2,1H3,(H,28,36)(H,29,34). The van der Waals surface area contributed by atoms with Gasteiger partial charge >= 0.3 is 5.97 Å². The fraction of sp³-hybridized carbons (Fsp3) is 0.400. The van der Waals surface area contributed by atoms with Gasteiger partial charge in [-0.1, -0.05) is 36.4 Å². The van der Waals surface area contributed by atoms with Gasteiger partial charge in [0.15, 0.2) is 0 Å². The Morgan fingerprint density at radius 3 is 2.57 bits per heavy atom. The van der Waals surface area contributed by atoms with Crippen LogP contribution in [0, 0.1) is 0 Å². The lowest BCUT2D eigenvalue weighted by Crippen LogP contribution is -2.65. The number of ether oxygens (including phenoxy) is 1. The second-order valence-corrected chi connectivity index (χ2v) is 8.71. The van der Waals surface area contributed by atoms with Crippen molar-refractivity contribution in [1.82, 2.24) is 41.1 Å². The Kier molecular flexibility index (Phi) is 8.52. The molecular weight excluding hydrogens is 476 g/mol. The summed E-state index contributed by atoms with van der Waals surface area (Å²) in [5.41, 5.74) is 0.214. The fourth-order valence-electron chi connectivity index (χ4n) is 4.19. The molecule has 1 aliphatic heterocycles. The van der Waals surface area contributed by atoms with E-state index in [2.05, 4.69) is 36.3 Å². The molecule has 3 heterocycles. The van der Waals surface area contributed by atoms with Gasteiger partial charge in [-0.05, 0) is 55.8 Å². The van der Waals surface area contributed by atoms with Gasteiger partial charge in [0.05, 0.1) is 6.61 Å². The van der Waals surface area contributed by atoms with Crippen LogP contribution in [0.3, 0.4) is 0 Å². The molecule has 2 amide bonds. The van der Waals surface area contributed by atoms with E-state index in [1.807, 2.05) is 30.3 Å². The monoisotopic (exact) mass is 506 g/mol. The summed E-state index contributed by atoms with van der Waals surface area (Å²) in [6.07, 6.45) is 2.60. The highest BCUT2D eigenvalue weighted by Gasteiger charge is 2.42. The number of carbonyl (C=O) groups excluding carboxylic acids is 3. The van der Waals surface area contributed by atoms with Crippen LogP contribution in [0.2, 0.25) is 0 Å². The molecule has 0 aliphatic carbocycles. The smallest absolute Gasteiger partial charge is 0.328 e. The number of amides is 2. The van der Waals surface area contributed by atoms with E-state index in [0.717, 1.165) is 10.4 Å². The van der Waals surface area contributed by atoms with Gasteiger partial charge < -0.3 is 20.7 Å². The summed E-state index contributed by atoms with van der Waals surface area (Å²) in [6, 6.07) is 13.8. The molecule has 4 rings (SSSR count). The Morgan fingerprint density at radius 2 is 1.86 bits per heavy atom. The first-order valence-corrected chi connectivity index (χ1v) is 12.2. The average Bonchev–Trinajstić information content (AvgIpc) is 3.38. The van der Waals surface area contributed by atoms with Crippen molar-refractivity contribution in [1.29, 1.82) is 0 Å². The van der Waals surface area contributed by atoms with Crippen molar-refractivity contribution in [3.05, 3.63) is 60.3 Å². The number of nitrogens with zero attached hydrogens (tertiary/aromatic N) is 5. The molecule has 12 heteroatoms. The first-order chi connectivity index (χ1) is 18.0. The van der Waals surface area contributed by atoms with Crippen LogP contribution in [0.1, 0.15) is 25.3 Å². The van der Waals surface area contributed by atoms with Crippen molar-refractivity contribution >= 4 is 17.8 Å². The van der Waals surface area contributed by atoms with E-state index in [9.17, 15) is 14.4 Å². The summed E-state index contributed by atoms with van der Waals surface area (Å²) in [6.45, 7) is 2.74. The van der Waals surface area contributed by atoms with Crippen molar-refractivity contribution in [2.45, 2.75) is 44.3 Å². The van der Waals surface area contributed by atoms with Gasteiger partial charge in [-0.15, -0.1) is 10.2 Å². The summed E-state index contributed by atoms with van der Waals surface area (Å²) < 4.78 is 5.21. The molecule has 1 aliphatic rings.